The van der Waals surface area contributed by atoms with E-state index in [-0.39, 0.29) is 12.1 Å². The van der Waals surface area contributed by atoms with E-state index < -0.39 is 0 Å². The van der Waals surface area contributed by atoms with Gasteiger partial charge in [0.05, 0.1) is 25.5 Å². The molecule has 1 aliphatic heterocycles. The van der Waals surface area contributed by atoms with E-state index in [1.165, 1.54) is 0 Å². The van der Waals surface area contributed by atoms with Crippen LogP contribution in [0.1, 0.15) is 62.0 Å². The van der Waals surface area contributed by atoms with Crippen LogP contribution in [0.2, 0.25) is 0 Å². The highest BCUT2D eigenvalue weighted by molar-refractivity contribution is 5.07. The number of oxazole rings is 1. The van der Waals surface area contributed by atoms with Gasteiger partial charge in [-0.15, -0.1) is 0 Å². The highest BCUT2D eigenvalue weighted by atomic mass is 16.5. The summed E-state index contributed by atoms with van der Waals surface area (Å²) in [6, 6.07) is -0.0427. The molecular weight excluding hydrogens is 296 g/mol. The molecule has 0 bridgehead atoms. The van der Waals surface area contributed by atoms with Gasteiger partial charge >= 0.3 is 0 Å². The molecule has 0 radical (unpaired) electrons. The van der Waals surface area contributed by atoms with Crippen LogP contribution < -0.4 is 0 Å². The zero-order valence-corrected chi connectivity index (χ0v) is 13.6. The predicted octanol–water partition coefficient (Wildman–Crippen LogP) is 2.46. The minimum Gasteiger partial charge on any atom is -0.444 e. The molecule has 0 N–H and O–H groups in total. The van der Waals surface area contributed by atoms with Gasteiger partial charge in [0.1, 0.15) is 11.8 Å². The van der Waals surface area contributed by atoms with E-state index in [9.17, 15) is 0 Å². The molecule has 7 heteroatoms. The van der Waals surface area contributed by atoms with Gasteiger partial charge in [-0.2, -0.15) is 4.98 Å². The van der Waals surface area contributed by atoms with E-state index in [0.29, 0.717) is 25.0 Å². The molecule has 2 aromatic rings. The average Bonchev–Trinajstić information content (AvgIpc) is 3.11. The minimum absolute atomic E-state index is 0.00446. The Kier molecular flexibility index (Phi) is 3.90. The first kappa shape index (κ1) is 14.8. The number of nitrogens with zero attached hydrogens (tertiary/aromatic N) is 4. The van der Waals surface area contributed by atoms with Gasteiger partial charge < -0.3 is 13.7 Å². The Morgan fingerprint density at radius 2 is 2.22 bits per heavy atom. The van der Waals surface area contributed by atoms with Crippen molar-refractivity contribution in [3.8, 4) is 0 Å². The predicted molar refractivity (Wildman–Crippen MR) is 80.7 cm³/mol. The number of hydrogen-bond acceptors (Lipinski definition) is 7. The lowest BCUT2D eigenvalue weighted by atomic mass is 10.1. The number of rotatable bonds is 5. The van der Waals surface area contributed by atoms with Crippen LogP contribution in [-0.2, 0) is 17.7 Å². The van der Waals surface area contributed by atoms with E-state index in [1.54, 1.807) is 6.20 Å². The van der Waals surface area contributed by atoms with E-state index in [1.807, 2.05) is 6.92 Å². The molecule has 0 amide bonds. The van der Waals surface area contributed by atoms with Crippen LogP contribution in [0.25, 0.3) is 0 Å². The molecule has 1 saturated carbocycles. The van der Waals surface area contributed by atoms with Crippen LogP contribution in [0, 0.1) is 0 Å². The van der Waals surface area contributed by atoms with Crippen molar-refractivity contribution < 1.29 is 13.7 Å². The molecule has 0 aromatic carbocycles. The van der Waals surface area contributed by atoms with Crippen molar-refractivity contribution in [3.63, 3.8) is 0 Å². The summed E-state index contributed by atoms with van der Waals surface area (Å²) in [5, 5.41) is 4.14. The Morgan fingerprint density at radius 1 is 1.35 bits per heavy atom. The fraction of sp³-hybridized carbons (Fsp3) is 0.688. The van der Waals surface area contributed by atoms with Gasteiger partial charge in [0.2, 0.25) is 5.89 Å². The van der Waals surface area contributed by atoms with Crippen LogP contribution in [0.15, 0.2) is 15.1 Å². The summed E-state index contributed by atoms with van der Waals surface area (Å²) < 4.78 is 17.1. The Bertz CT molecular complexity index is 664. The third-order valence-electron chi connectivity index (χ3n) is 4.51. The van der Waals surface area contributed by atoms with E-state index in [2.05, 4.69) is 26.9 Å². The van der Waals surface area contributed by atoms with E-state index in [4.69, 9.17) is 13.7 Å². The molecule has 2 fully saturated rings. The molecule has 2 aromatic heterocycles. The SMILES string of the molecule is CCc1ncc(CN2CCO[C@H](C)[C@H]2c2nc(C3CC3)no2)o1. The molecule has 0 spiro atoms. The fourth-order valence-corrected chi connectivity index (χ4v) is 3.08. The summed E-state index contributed by atoms with van der Waals surface area (Å²) in [6.07, 6.45) is 4.94. The highest BCUT2D eigenvalue weighted by Crippen LogP contribution is 2.39. The monoisotopic (exact) mass is 318 g/mol. The first-order chi connectivity index (χ1) is 11.2. The molecule has 2 atom stereocenters. The van der Waals surface area contributed by atoms with E-state index >= 15 is 0 Å². The van der Waals surface area contributed by atoms with Crippen molar-refractivity contribution in [2.24, 2.45) is 0 Å². The zero-order chi connectivity index (χ0) is 15.8. The summed E-state index contributed by atoms with van der Waals surface area (Å²) in [5.41, 5.74) is 0. The second-order valence-corrected chi connectivity index (χ2v) is 6.33. The van der Waals surface area contributed by atoms with Crippen molar-refractivity contribution in [1.82, 2.24) is 20.0 Å². The van der Waals surface area contributed by atoms with Crippen LogP contribution in [0.3, 0.4) is 0 Å². The summed E-state index contributed by atoms with van der Waals surface area (Å²) in [4.78, 5) is 11.2. The molecule has 1 aliphatic carbocycles. The summed E-state index contributed by atoms with van der Waals surface area (Å²) >= 11 is 0. The smallest absolute Gasteiger partial charge is 0.246 e. The lowest BCUT2D eigenvalue weighted by Gasteiger charge is -2.37. The maximum Gasteiger partial charge on any atom is 0.246 e. The number of aryl methyl sites for hydroxylation is 1. The summed E-state index contributed by atoms with van der Waals surface area (Å²) in [7, 11) is 0. The van der Waals surface area contributed by atoms with Gasteiger partial charge in [-0.25, -0.2) is 4.98 Å². The average molecular weight is 318 g/mol. The Labute approximate surface area is 135 Å². The Balaban J connectivity index is 1.54. The zero-order valence-electron chi connectivity index (χ0n) is 13.6. The number of aromatic nitrogens is 3. The van der Waals surface area contributed by atoms with Crippen molar-refractivity contribution in [2.75, 3.05) is 13.2 Å². The van der Waals surface area contributed by atoms with Gasteiger partial charge in [0, 0.05) is 18.9 Å². The minimum atomic E-state index is -0.0427. The molecule has 124 valence electrons. The summed E-state index contributed by atoms with van der Waals surface area (Å²) in [5.74, 6) is 3.61. The highest BCUT2D eigenvalue weighted by Gasteiger charge is 2.37. The molecule has 1 saturated heterocycles. The van der Waals surface area contributed by atoms with Crippen molar-refractivity contribution in [2.45, 2.75) is 57.7 Å². The quantitative estimate of drug-likeness (QED) is 0.838. The van der Waals surface area contributed by atoms with Gasteiger partial charge in [-0.3, -0.25) is 4.90 Å². The second kappa shape index (κ2) is 6.05. The largest absolute Gasteiger partial charge is 0.444 e. The summed E-state index contributed by atoms with van der Waals surface area (Å²) in [6.45, 7) is 6.25. The van der Waals surface area contributed by atoms with E-state index in [0.717, 1.165) is 43.3 Å². The number of ether oxygens (including phenoxy) is 1. The molecule has 2 aliphatic rings. The Morgan fingerprint density at radius 3 is 2.96 bits per heavy atom. The van der Waals surface area contributed by atoms with Crippen molar-refractivity contribution in [1.29, 1.82) is 0 Å². The molecule has 3 heterocycles. The third-order valence-corrected chi connectivity index (χ3v) is 4.51. The maximum absolute atomic E-state index is 5.81. The standard InChI is InChI=1S/C16H22N4O3/c1-3-13-17-8-12(22-13)9-20-6-7-21-10(2)14(20)16-18-15(19-23-16)11-4-5-11/h8,10-11,14H,3-7,9H2,1-2H3/t10-,14+/m1/s1. The molecule has 23 heavy (non-hydrogen) atoms. The van der Waals surface area contributed by atoms with Crippen LogP contribution >= 0.6 is 0 Å². The van der Waals surface area contributed by atoms with Crippen LogP contribution in [-0.4, -0.2) is 39.3 Å². The van der Waals surface area contributed by atoms with Gasteiger partial charge in [-0.05, 0) is 19.8 Å². The van der Waals surface area contributed by atoms with Crippen molar-refractivity contribution in [3.05, 3.63) is 29.6 Å². The lowest BCUT2D eigenvalue weighted by molar-refractivity contribution is -0.0781. The maximum atomic E-state index is 5.81. The number of morpholine rings is 1. The normalized spacial score (nSPS) is 25.8. The van der Waals surface area contributed by atoms with Crippen LogP contribution in [0.4, 0.5) is 0 Å². The van der Waals surface area contributed by atoms with Gasteiger partial charge in [0.25, 0.3) is 0 Å². The first-order valence-corrected chi connectivity index (χ1v) is 8.37. The topological polar surface area (TPSA) is 77.4 Å². The molecule has 7 nitrogen and oxygen atoms in total. The van der Waals surface area contributed by atoms with Crippen LogP contribution in [0.5, 0.6) is 0 Å². The van der Waals surface area contributed by atoms with Crippen molar-refractivity contribution >= 4 is 0 Å². The second-order valence-electron chi connectivity index (χ2n) is 6.33. The third kappa shape index (κ3) is 3.03. The molecule has 0 unspecified atom stereocenters. The van der Waals surface area contributed by atoms with Gasteiger partial charge in [0.15, 0.2) is 11.7 Å². The van der Waals surface area contributed by atoms with Gasteiger partial charge in [-0.1, -0.05) is 12.1 Å². The number of hydrogen-bond donors (Lipinski definition) is 0. The molecular formula is C16H22N4O3. The lowest BCUT2D eigenvalue weighted by Crippen LogP contribution is -2.43. The Hall–Kier alpha value is -1.73. The molecule has 4 rings (SSSR count). The first-order valence-electron chi connectivity index (χ1n) is 8.37. The fourth-order valence-electron chi connectivity index (χ4n) is 3.08.